The Morgan fingerprint density at radius 1 is 1.26 bits per heavy atom. The van der Waals surface area contributed by atoms with Crippen LogP contribution in [0.15, 0.2) is 23.1 Å². The van der Waals surface area contributed by atoms with E-state index in [1.807, 2.05) is 0 Å². The van der Waals surface area contributed by atoms with Crippen molar-refractivity contribution in [3.05, 3.63) is 29.6 Å². The van der Waals surface area contributed by atoms with Crippen LogP contribution in [0.5, 0.6) is 0 Å². The highest BCUT2D eigenvalue weighted by Crippen LogP contribution is 2.20. The first kappa shape index (κ1) is 19.0. The number of sulfonamides is 1. The second kappa shape index (κ2) is 8.02. The average Bonchev–Trinajstić information content (AvgIpc) is 2.46. The number of halogens is 1. The van der Waals surface area contributed by atoms with E-state index in [0.29, 0.717) is 6.42 Å². The second-order valence-electron chi connectivity index (χ2n) is 4.63. The minimum Gasteiger partial charge on any atom is -0.480 e. The van der Waals surface area contributed by atoms with E-state index in [1.54, 1.807) is 13.8 Å². The number of carbonyl (C=O) groups is 2. The number of nitrogens with zero attached hydrogens (tertiary/aromatic N) is 1. The van der Waals surface area contributed by atoms with E-state index in [1.165, 1.54) is 0 Å². The van der Waals surface area contributed by atoms with Crippen molar-refractivity contribution in [2.24, 2.45) is 0 Å². The molecular formula is C14H18FNO6S. The van der Waals surface area contributed by atoms with Gasteiger partial charge in [0.2, 0.25) is 10.0 Å². The predicted octanol–water partition coefficient (Wildman–Crippen LogP) is 1.49. The first-order chi connectivity index (χ1) is 10.7. The molecule has 0 heterocycles. The van der Waals surface area contributed by atoms with Gasteiger partial charge in [-0.15, -0.1) is 0 Å². The van der Waals surface area contributed by atoms with Crippen LogP contribution < -0.4 is 0 Å². The zero-order chi connectivity index (χ0) is 17.6. The Labute approximate surface area is 133 Å². The third kappa shape index (κ3) is 5.00. The molecule has 0 aromatic heterocycles. The number of carboxylic acid groups (broad SMARTS) is 1. The molecule has 1 aromatic carbocycles. The fourth-order valence-electron chi connectivity index (χ4n) is 1.88. The van der Waals surface area contributed by atoms with Crippen molar-refractivity contribution in [3.8, 4) is 0 Å². The quantitative estimate of drug-likeness (QED) is 0.715. The summed E-state index contributed by atoms with van der Waals surface area (Å²) in [5.74, 6) is -3.12. The Hall–Kier alpha value is -2.00. The summed E-state index contributed by atoms with van der Waals surface area (Å²) < 4.78 is 44.1. The Morgan fingerprint density at radius 2 is 1.91 bits per heavy atom. The van der Waals surface area contributed by atoms with Gasteiger partial charge in [-0.1, -0.05) is 6.92 Å². The number of hydrogen-bond acceptors (Lipinski definition) is 5. The first-order valence-corrected chi connectivity index (χ1v) is 8.36. The third-order valence-electron chi connectivity index (χ3n) is 2.80. The van der Waals surface area contributed by atoms with Crippen molar-refractivity contribution in [2.75, 3.05) is 19.7 Å². The molecule has 0 amide bonds. The van der Waals surface area contributed by atoms with Gasteiger partial charge in [-0.3, -0.25) is 4.79 Å². The first-order valence-electron chi connectivity index (χ1n) is 6.92. The highest BCUT2D eigenvalue weighted by atomic mass is 32.2. The fraction of sp³-hybridized carbons (Fsp3) is 0.429. The lowest BCUT2D eigenvalue weighted by Gasteiger charge is -2.20. The molecule has 7 nitrogen and oxygen atoms in total. The van der Waals surface area contributed by atoms with Gasteiger partial charge in [-0.2, -0.15) is 4.31 Å². The second-order valence-corrected chi connectivity index (χ2v) is 6.57. The molecule has 9 heteroatoms. The van der Waals surface area contributed by atoms with Gasteiger partial charge in [0.1, 0.15) is 12.4 Å². The fourth-order valence-corrected chi connectivity index (χ4v) is 3.42. The molecule has 0 saturated heterocycles. The molecule has 0 fully saturated rings. The number of ether oxygens (including phenoxy) is 1. The molecule has 1 rings (SSSR count). The van der Waals surface area contributed by atoms with Crippen LogP contribution in [-0.2, 0) is 19.6 Å². The largest absolute Gasteiger partial charge is 0.480 e. The summed E-state index contributed by atoms with van der Waals surface area (Å²) >= 11 is 0. The van der Waals surface area contributed by atoms with E-state index in [2.05, 4.69) is 0 Å². The molecule has 0 bridgehead atoms. The van der Waals surface area contributed by atoms with Gasteiger partial charge in [0.15, 0.2) is 0 Å². The monoisotopic (exact) mass is 347 g/mol. The average molecular weight is 347 g/mol. The van der Waals surface area contributed by atoms with Crippen molar-refractivity contribution >= 4 is 22.0 Å². The molecule has 1 aromatic rings. The lowest BCUT2D eigenvalue weighted by Crippen LogP contribution is -2.36. The summed E-state index contributed by atoms with van der Waals surface area (Å²) in [5.41, 5.74) is -0.253. The smallest absolute Gasteiger partial charge is 0.338 e. The molecule has 0 unspecified atom stereocenters. The Bertz CT molecular complexity index is 689. The van der Waals surface area contributed by atoms with Crippen LogP contribution in [0.3, 0.4) is 0 Å². The highest BCUT2D eigenvalue weighted by Gasteiger charge is 2.27. The van der Waals surface area contributed by atoms with Crippen molar-refractivity contribution in [1.82, 2.24) is 4.31 Å². The van der Waals surface area contributed by atoms with E-state index in [-0.39, 0.29) is 18.7 Å². The maximum Gasteiger partial charge on any atom is 0.338 e. The standard InChI is InChI=1S/C14H18FNO6S/c1-3-5-16(9-13(17)18)23(20,21)12-7-10(6-11(15)8-12)14(19)22-4-2/h6-8H,3-5,9H2,1-2H3,(H,17,18). The molecule has 0 aliphatic heterocycles. The number of carboxylic acids is 1. The molecule has 0 saturated carbocycles. The minimum absolute atomic E-state index is 0.0418. The van der Waals surface area contributed by atoms with Crippen LogP contribution in [0.4, 0.5) is 4.39 Å². The summed E-state index contributed by atoms with van der Waals surface area (Å²) in [4.78, 5) is 22.0. The maximum atomic E-state index is 13.7. The van der Waals surface area contributed by atoms with Crippen LogP contribution in [0, 0.1) is 5.82 Å². The van der Waals surface area contributed by atoms with Gasteiger partial charge in [0, 0.05) is 6.54 Å². The van der Waals surface area contributed by atoms with E-state index in [0.717, 1.165) is 22.5 Å². The number of aliphatic carboxylic acids is 1. The maximum absolute atomic E-state index is 13.7. The summed E-state index contributed by atoms with van der Waals surface area (Å²) in [6, 6.07) is 2.57. The van der Waals surface area contributed by atoms with E-state index in [4.69, 9.17) is 9.84 Å². The van der Waals surface area contributed by atoms with Crippen LogP contribution in [0.1, 0.15) is 30.6 Å². The summed E-state index contributed by atoms with van der Waals surface area (Å²) in [5, 5.41) is 8.83. The molecule has 0 aliphatic carbocycles. The molecule has 0 radical (unpaired) electrons. The van der Waals surface area contributed by atoms with Gasteiger partial charge < -0.3 is 9.84 Å². The van der Waals surface area contributed by atoms with Crippen molar-refractivity contribution in [3.63, 3.8) is 0 Å². The zero-order valence-electron chi connectivity index (χ0n) is 12.8. The van der Waals surface area contributed by atoms with Crippen molar-refractivity contribution in [2.45, 2.75) is 25.2 Å². The Kier molecular flexibility index (Phi) is 6.64. The lowest BCUT2D eigenvalue weighted by molar-refractivity contribution is -0.137. The number of carbonyl (C=O) groups excluding carboxylic acids is 1. The zero-order valence-corrected chi connectivity index (χ0v) is 13.6. The minimum atomic E-state index is -4.25. The third-order valence-corrected chi connectivity index (χ3v) is 4.63. The van der Waals surface area contributed by atoms with Crippen molar-refractivity contribution < 1.29 is 32.2 Å². The molecule has 1 N–H and O–H groups in total. The summed E-state index contributed by atoms with van der Waals surface area (Å²) in [6.07, 6.45) is 0.382. The van der Waals surface area contributed by atoms with E-state index >= 15 is 0 Å². The van der Waals surface area contributed by atoms with Gasteiger partial charge in [0.25, 0.3) is 0 Å². The number of hydrogen-bond donors (Lipinski definition) is 1. The SMILES string of the molecule is CCCN(CC(=O)O)S(=O)(=O)c1cc(F)cc(C(=O)OCC)c1. The number of rotatable bonds is 8. The van der Waals surface area contributed by atoms with Gasteiger partial charge in [0.05, 0.1) is 17.1 Å². The predicted molar refractivity (Wildman–Crippen MR) is 79.0 cm³/mol. The van der Waals surface area contributed by atoms with E-state index in [9.17, 15) is 22.4 Å². The molecule has 128 valence electrons. The molecule has 23 heavy (non-hydrogen) atoms. The molecule has 0 atom stereocenters. The van der Waals surface area contributed by atoms with Gasteiger partial charge in [-0.25, -0.2) is 17.6 Å². The van der Waals surface area contributed by atoms with E-state index < -0.39 is 39.2 Å². The number of esters is 1. The van der Waals surface area contributed by atoms with Crippen LogP contribution >= 0.6 is 0 Å². The molecule has 0 aliphatic rings. The topological polar surface area (TPSA) is 101 Å². The Balaban J connectivity index is 3.30. The highest BCUT2D eigenvalue weighted by molar-refractivity contribution is 7.89. The Morgan fingerprint density at radius 3 is 2.43 bits per heavy atom. The van der Waals surface area contributed by atoms with Crippen molar-refractivity contribution in [1.29, 1.82) is 0 Å². The molecular weight excluding hydrogens is 329 g/mol. The van der Waals surface area contributed by atoms with Crippen LogP contribution in [0.25, 0.3) is 0 Å². The summed E-state index contributed by atoms with van der Waals surface area (Å²) in [7, 11) is -4.25. The van der Waals surface area contributed by atoms with Gasteiger partial charge >= 0.3 is 11.9 Å². The van der Waals surface area contributed by atoms with Crippen LogP contribution in [0.2, 0.25) is 0 Å². The molecule has 0 spiro atoms. The summed E-state index contributed by atoms with van der Waals surface area (Å²) in [6.45, 7) is 2.50. The van der Waals surface area contributed by atoms with Gasteiger partial charge in [-0.05, 0) is 31.5 Å². The van der Waals surface area contributed by atoms with Crippen LogP contribution in [-0.4, -0.2) is 49.5 Å². The number of benzene rings is 1. The normalized spacial score (nSPS) is 11.5. The lowest BCUT2D eigenvalue weighted by atomic mass is 10.2.